The lowest BCUT2D eigenvalue weighted by Gasteiger charge is -2.07. The van der Waals surface area contributed by atoms with Crippen molar-refractivity contribution in [1.29, 1.82) is 0 Å². The Morgan fingerprint density at radius 2 is 1.82 bits per heavy atom. The van der Waals surface area contributed by atoms with Gasteiger partial charge in [-0.15, -0.1) is 0 Å². The third-order valence-corrected chi connectivity index (χ3v) is 2.35. The van der Waals surface area contributed by atoms with Gasteiger partial charge in [-0.05, 0) is 25.1 Å². The second-order valence-corrected chi connectivity index (χ2v) is 3.76. The summed E-state index contributed by atoms with van der Waals surface area (Å²) in [5.74, 6) is -4.36. The Hall–Kier alpha value is -3.16. The molecular weight excluding hydrogens is 296 g/mol. The second-order valence-electron chi connectivity index (χ2n) is 3.76. The highest BCUT2D eigenvalue weighted by molar-refractivity contribution is 6.04. The average molecular weight is 308 g/mol. The van der Waals surface area contributed by atoms with Gasteiger partial charge in [0.25, 0.3) is 0 Å². The van der Waals surface area contributed by atoms with E-state index >= 15 is 0 Å². The van der Waals surface area contributed by atoms with Crippen LogP contribution in [0.25, 0.3) is 0 Å². The van der Waals surface area contributed by atoms with Crippen LogP contribution >= 0.6 is 0 Å². The van der Waals surface area contributed by atoms with Crippen molar-refractivity contribution in [3.63, 3.8) is 0 Å². The normalized spacial score (nSPS) is 9.50. The van der Waals surface area contributed by atoms with Crippen molar-refractivity contribution < 1.29 is 38.8 Å². The smallest absolute Gasteiger partial charge is 0.386 e. The Balaban J connectivity index is 3.04. The van der Waals surface area contributed by atoms with Crippen molar-refractivity contribution in [3.8, 4) is 0 Å². The zero-order valence-corrected chi connectivity index (χ0v) is 11.5. The SMILES string of the molecule is C=CC(=O)OOC(=O)c1ccc(C(=O)OCC)c(C(=O)O)c1. The highest BCUT2D eigenvalue weighted by Gasteiger charge is 2.21. The lowest BCUT2D eigenvalue weighted by molar-refractivity contribution is -0.228. The molecule has 0 aliphatic carbocycles. The fourth-order valence-electron chi connectivity index (χ4n) is 1.40. The summed E-state index contributed by atoms with van der Waals surface area (Å²) in [7, 11) is 0. The van der Waals surface area contributed by atoms with Gasteiger partial charge in [0.1, 0.15) is 0 Å². The van der Waals surface area contributed by atoms with E-state index in [0.717, 1.165) is 24.3 Å². The summed E-state index contributed by atoms with van der Waals surface area (Å²) in [4.78, 5) is 53.4. The number of hydrogen-bond donors (Lipinski definition) is 1. The van der Waals surface area contributed by atoms with E-state index < -0.39 is 29.4 Å². The van der Waals surface area contributed by atoms with Gasteiger partial charge >= 0.3 is 23.9 Å². The fraction of sp³-hybridized carbons (Fsp3) is 0.143. The Labute approximate surface area is 124 Å². The van der Waals surface area contributed by atoms with Crippen molar-refractivity contribution in [2.24, 2.45) is 0 Å². The van der Waals surface area contributed by atoms with Crippen LogP contribution in [0.5, 0.6) is 0 Å². The molecule has 1 rings (SSSR count). The first kappa shape index (κ1) is 16.9. The Morgan fingerprint density at radius 1 is 1.14 bits per heavy atom. The number of esters is 1. The van der Waals surface area contributed by atoms with Crippen molar-refractivity contribution in [3.05, 3.63) is 47.5 Å². The van der Waals surface area contributed by atoms with Gasteiger partial charge in [0, 0.05) is 6.08 Å². The molecule has 8 nitrogen and oxygen atoms in total. The van der Waals surface area contributed by atoms with E-state index in [1.54, 1.807) is 6.92 Å². The van der Waals surface area contributed by atoms with Crippen molar-refractivity contribution >= 4 is 23.9 Å². The van der Waals surface area contributed by atoms with Crippen LogP contribution in [0, 0.1) is 0 Å². The number of carboxylic acids is 1. The molecule has 116 valence electrons. The number of rotatable bonds is 5. The molecule has 0 aliphatic heterocycles. The summed E-state index contributed by atoms with van der Waals surface area (Å²) in [6.45, 7) is 4.74. The van der Waals surface area contributed by atoms with E-state index in [1.807, 2.05) is 0 Å². The van der Waals surface area contributed by atoms with E-state index in [9.17, 15) is 19.2 Å². The van der Waals surface area contributed by atoms with E-state index in [2.05, 4.69) is 16.4 Å². The lowest BCUT2D eigenvalue weighted by Crippen LogP contribution is -2.15. The average Bonchev–Trinajstić information content (AvgIpc) is 2.51. The van der Waals surface area contributed by atoms with Gasteiger partial charge in [-0.3, -0.25) is 0 Å². The Kier molecular flexibility index (Phi) is 5.82. The molecule has 0 unspecified atom stereocenters. The molecule has 22 heavy (non-hydrogen) atoms. The monoisotopic (exact) mass is 308 g/mol. The molecule has 0 bridgehead atoms. The highest BCUT2D eigenvalue weighted by Crippen LogP contribution is 2.15. The standard InChI is InChI=1S/C14H12O8/c1-3-11(15)21-22-13(18)8-5-6-9(14(19)20-4-2)10(7-8)12(16)17/h3,5-7H,1,4H2,2H3,(H,16,17). The van der Waals surface area contributed by atoms with Crippen LogP contribution in [0.3, 0.4) is 0 Å². The van der Waals surface area contributed by atoms with Crippen molar-refractivity contribution in [2.75, 3.05) is 6.61 Å². The number of carbonyl (C=O) groups is 4. The number of carboxylic acid groups (broad SMARTS) is 1. The summed E-state index contributed by atoms with van der Waals surface area (Å²) < 4.78 is 4.71. The fourth-order valence-corrected chi connectivity index (χ4v) is 1.40. The minimum Gasteiger partial charge on any atom is -0.478 e. The third-order valence-electron chi connectivity index (χ3n) is 2.35. The zero-order valence-electron chi connectivity index (χ0n) is 11.5. The van der Waals surface area contributed by atoms with Crippen LogP contribution in [0.2, 0.25) is 0 Å². The molecule has 0 fully saturated rings. The number of hydrogen-bond acceptors (Lipinski definition) is 7. The van der Waals surface area contributed by atoms with E-state index in [4.69, 9.17) is 9.84 Å². The minimum absolute atomic E-state index is 0.0686. The molecule has 0 aromatic heterocycles. The molecule has 1 N–H and O–H groups in total. The first-order chi connectivity index (χ1) is 10.4. The summed E-state index contributed by atoms with van der Waals surface area (Å²) in [5.41, 5.74) is -0.876. The number of aromatic carboxylic acids is 1. The number of benzene rings is 1. The summed E-state index contributed by atoms with van der Waals surface area (Å²) in [5, 5.41) is 9.09. The van der Waals surface area contributed by atoms with Crippen LogP contribution in [-0.4, -0.2) is 35.6 Å². The molecule has 0 saturated carbocycles. The predicted octanol–water partition coefficient (Wildman–Crippen LogP) is 1.36. The molecule has 0 heterocycles. The summed E-state index contributed by atoms with van der Waals surface area (Å²) >= 11 is 0. The van der Waals surface area contributed by atoms with Crippen molar-refractivity contribution in [1.82, 2.24) is 0 Å². The van der Waals surface area contributed by atoms with Crippen LogP contribution in [0.4, 0.5) is 0 Å². The van der Waals surface area contributed by atoms with Crippen LogP contribution in [0.1, 0.15) is 38.0 Å². The molecule has 1 aromatic rings. The van der Waals surface area contributed by atoms with Gasteiger partial charge in [0.2, 0.25) is 0 Å². The maximum Gasteiger partial charge on any atom is 0.386 e. The summed E-state index contributed by atoms with van der Waals surface area (Å²) in [6.07, 6.45) is 0.778. The Bertz CT molecular complexity index is 632. The van der Waals surface area contributed by atoms with Gasteiger partial charge in [0.15, 0.2) is 0 Å². The van der Waals surface area contributed by atoms with Crippen LogP contribution < -0.4 is 0 Å². The topological polar surface area (TPSA) is 116 Å². The zero-order chi connectivity index (χ0) is 16.7. The largest absolute Gasteiger partial charge is 0.478 e. The lowest BCUT2D eigenvalue weighted by atomic mass is 10.0. The van der Waals surface area contributed by atoms with E-state index in [-0.39, 0.29) is 17.7 Å². The first-order valence-electron chi connectivity index (χ1n) is 6.00. The molecule has 1 aromatic carbocycles. The van der Waals surface area contributed by atoms with Crippen molar-refractivity contribution in [2.45, 2.75) is 6.92 Å². The molecule has 0 amide bonds. The Morgan fingerprint density at radius 3 is 2.36 bits per heavy atom. The first-order valence-corrected chi connectivity index (χ1v) is 6.00. The molecule has 0 aliphatic rings. The van der Waals surface area contributed by atoms with Gasteiger partial charge in [0.05, 0.1) is 23.3 Å². The third kappa shape index (κ3) is 4.17. The predicted molar refractivity (Wildman–Crippen MR) is 71.1 cm³/mol. The molecule has 0 spiro atoms. The van der Waals surface area contributed by atoms with E-state index in [1.165, 1.54) is 0 Å². The molecule has 0 atom stereocenters. The summed E-state index contributed by atoms with van der Waals surface area (Å²) in [6, 6.07) is 3.16. The molecule has 0 saturated heterocycles. The number of carbonyl (C=O) groups excluding carboxylic acids is 3. The minimum atomic E-state index is -1.43. The quantitative estimate of drug-likeness (QED) is 0.375. The van der Waals surface area contributed by atoms with Crippen LogP contribution in [-0.2, 0) is 19.3 Å². The van der Waals surface area contributed by atoms with Gasteiger partial charge < -0.3 is 9.84 Å². The van der Waals surface area contributed by atoms with Gasteiger partial charge in [-0.1, -0.05) is 6.58 Å². The number of ether oxygens (including phenoxy) is 1. The van der Waals surface area contributed by atoms with Gasteiger partial charge in [-0.25, -0.2) is 29.0 Å². The maximum atomic E-state index is 11.6. The van der Waals surface area contributed by atoms with E-state index in [0.29, 0.717) is 0 Å². The highest BCUT2D eigenvalue weighted by atomic mass is 17.2. The molecule has 0 radical (unpaired) electrons. The molecule has 8 heteroatoms. The molecular formula is C14H12O8. The van der Waals surface area contributed by atoms with Crippen LogP contribution in [0.15, 0.2) is 30.9 Å². The van der Waals surface area contributed by atoms with Gasteiger partial charge in [-0.2, -0.15) is 0 Å². The maximum absolute atomic E-state index is 11.6. The second kappa shape index (κ2) is 7.58.